The Kier molecular flexibility index (Phi) is 5.28. The summed E-state index contributed by atoms with van der Waals surface area (Å²) in [5.74, 6) is -0.975. The van der Waals surface area contributed by atoms with Gasteiger partial charge in [-0.05, 0) is 59.2 Å². The van der Waals surface area contributed by atoms with Gasteiger partial charge in [-0.1, -0.05) is 30.3 Å². The van der Waals surface area contributed by atoms with Gasteiger partial charge in [0.15, 0.2) is 6.10 Å². The van der Waals surface area contributed by atoms with Crippen LogP contribution in [-0.2, 0) is 4.79 Å². The molecule has 3 aromatic carbocycles. The minimum atomic E-state index is -1.36. The third-order valence-corrected chi connectivity index (χ3v) is 4.09. The molecule has 0 fully saturated rings. The first-order chi connectivity index (χ1) is 12.9. The molecule has 1 atom stereocenters. The molecule has 0 saturated carbocycles. The van der Waals surface area contributed by atoms with E-state index in [1.807, 2.05) is 6.07 Å². The number of benzene rings is 3. The third kappa shape index (κ3) is 4.37. The summed E-state index contributed by atoms with van der Waals surface area (Å²) in [6, 6.07) is 19.3. The number of nitrogens with two attached hydrogens (primary N) is 1. The van der Waals surface area contributed by atoms with Crippen molar-refractivity contribution in [3.8, 4) is 11.1 Å². The summed E-state index contributed by atoms with van der Waals surface area (Å²) >= 11 is 0. The van der Waals surface area contributed by atoms with Crippen molar-refractivity contribution in [2.75, 3.05) is 5.32 Å². The van der Waals surface area contributed by atoms with Gasteiger partial charge < -0.3 is 16.2 Å². The molecule has 1 amide bonds. The number of amidine groups is 1. The highest BCUT2D eigenvalue weighted by molar-refractivity contribution is 5.97. The van der Waals surface area contributed by atoms with E-state index in [9.17, 15) is 14.3 Å². The molecule has 5 nitrogen and oxygen atoms in total. The lowest BCUT2D eigenvalue weighted by molar-refractivity contribution is -0.124. The van der Waals surface area contributed by atoms with Crippen LogP contribution in [0.4, 0.5) is 10.1 Å². The van der Waals surface area contributed by atoms with Gasteiger partial charge in [-0.25, -0.2) is 4.39 Å². The Morgan fingerprint density at radius 2 is 1.67 bits per heavy atom. The molecule has 0 bridgehead atoms. The Labute approximate surface area is 155 Å². The van der Waals surface area contributed by atoms with Crippen LogP contribution in [0.2, 0.25) is 0 Å². The van der Waals surface area contributed by atoms with Gasteiger partial charge in [0, 0.05) is 11.3 Å². The molecule has 0 aliphatic heterocycles. The maximum Gasteiger partial charge on any atom is 0.257 e. The molecule has 27 heavy (non-hydrogen) atoms. The van der Waals surface area contributed by atoms with Crippen molar-refractivity contribution in [1.29, 1.82) is 5.41 Å². The van der Waals surface area contributed by atoms with Crippen LogP contribution in [0, 0.1) is 11.2 Å². The number of anilines is 1. The summed E-state index contributed by atoms with van der Waals surface area (Å²) in [6.45, 7) is 0. The van der Waals surface area contributed by atoms with Crippen molar-refractivity contribution in [3.63, 3.8) is 0 Å². The number of aliphatic hydroxyl groups is 1. The molecule has 5 N–H and O–H groups in total. The lowest BCUT2D eigenvalue weighted by Crippen LogP contribution is -2.21. The van der Waals surface area contributed by atoms with Gasteiger partial charge in [-0.2, -0.15) is 0 Å². The minimum Gasteiger partial charge on any atom is -0.384 e. The lowest BCUT2D eigenvalue weighted by Gasteiger charge is -2.13. The van der Waals surface area contributed by atoms with Crippen LogP contribution in [0.5, 0.6) is 0 Å². The van der Waals surface area contributed by atoms with Crippen LogP contribution in [-0.4, -0.2) is 16.8 Å². The van der Waals surface area contributed by atoms with E-state index in [1.165, 1.54) is 12.1 Å². The van der Waals surface area contributed by atoms with Crippen LogP contribution in [0.15, 0.2) is 72.8 Å². The highest BCUT2D eigenvalue weighted by Gasteiger charge is 2.18. The number of aliphatic hydroxyl groups excluding tert-OH is 1. The second kappa shape index (κ2) is 7.80. The maximum atomic E-state index is 13.1. The number of nitrogen functional groups attached to an aromatic ring is 1. The molecular weight excluding hydrogens is 345 g/mol. The van der Waals surface area contributed by atoms with Crippen molar-refractivity contribution in [2.45, 2.75) is 6.10 Å². The summed E-state index contributed by atoms with van der Waals surface area (Å²) in [5.41, 5.74) is 8.40. The van der Waals surface area contributed by atoms with Crippen molar-refractivity contribution >= 4 is 17.4 Å². The first-order valence-electron chi connectivity index (χ1n) is 8.23. The first-order valence-corrected chi connectivity index (χ1v) is 8.23. The maximum absolute atomic E-state index is 13.1. The Morgan fingerprint density at radius 1 is 1.00 bits per heavy atom. The van der Waals surface area contributed by atoms with E-state index < -0.39 is 12.0 Å². The Hall–Kier alpha value is -3.51. The molecule has 3 rings (SSSR count). The van der Waals surface area contributed by atoms with Gasteiger partial charge in [-0.3, -0.25) is 10.2 Å². The SMILES string of the molecule is N=C(N)c1ccc(NC(=O)C(O)c2cccc(-c3ccc(F)cc3)c2)cc1. The summed E-state index contributed by atoms with van der Waals surface area (Å²) in [5, 5.41) is 20.4. The molecule has 0 saturated heterocycles. The summed E-state index contributed by atoms with van der Waals surface area (Å²) < 4.78 is 13.1. The fourth-order valence-corrected chi connectivity index (χ4v) is 2.63. The fraction of sp³-hybridized carbons (Fsp3) is 0.0476. The van der Waals surface area contributed by atoms with Crippen molar-refractivity contribution in [1.82, 2.24) is 0 Å². The smallest absolute Gasteiger partial charge is 0.257 e. The molecular formula is C21H18FN3O2. The number of nitrogens with one attached hydrogen (secondary N) is 2. The summed E-state index contributed by atoms with van der Waals surface area (Å²) in [6.07, 6.45) is -1.36. The van der Waals surface area contributed by atoms with E-state index >= 15 is 0 Å². The highest BCUT2D eigenvalue weighted by Crippen LogP contribution is 2.24. The largest absolute Gasteiger partial charge is 0.384 e. The second-order valence-corrected chi connectivity index (χ2v) is 6.02. The predicted octanol–water partition coefficient (Wildman–Crippen LogP) is 3.45. The van der Waals surface area contributed by atoms with Crippen LogP contribution >= 0.6 is 0 Å². The van der Waals surface area contributed by atoms with E-state index in [0.717, 1.165) is 11.1 Å². The molecule has 3 aromatic rings. The van der Waals surface area contributed by atoms with Crippen LogP contribution in [0.25, 0.3) is 11.1 Å². The van der Waals surface area contributed by atoms with Gasteiger partial charge >= 0.3 is 0 Å². The summed E-state index contributed by atoms with van der Waals surface area (Å²) in [4.78, 5) is 12.3. The van der Waals surface area contributed by atoms with Gasteiger partial charge in [0.25, 0.3) is 5.91 Å². The van der Waals surface area contributed by atoms with Crippen LogP contribution in [0.1, 0.15) is 17.2 Å². The molecule has 0 heterocycles. The fourth-order valence-electron chi connectivity index (χ4n) is 2.63. The monoisotopic (exact) mass is 363 g/mol. The molecule has 0 aromatic heterocycles. The molecule has 0 aliphatic carbocycles. The quantitative estimate of drug-likeness (QED) is 0.413. The third-order valence-electron chi connectivity index (χ3n) is 4.09. The number of carbonyl (C=O) groups is 1. The van der Waals surface area contributed by atoms with Crippen LogP contribution < -0.4 is 11.1 Å². The average molecular weight is 363 g/mol. The minimum absolute atomic E-state index is 0.0643. The molecule has 1 unspecified atom stereocenters. The van der Waals surface area contributed by atoms with E-state index in [1.54, 1.807) is 54.6 Å². The van der Waals surface area contributed by atoms with Crippen molar-refractivity contribution in [3.05, 3.63) is 89.7 Å². The Balaban J connectivity index is 1.75. The van der Waals surface area contributed by atoms with Crippen molar-refractivity contribution < 1.29 is 14.3 Å². The zero-order valence-corrected chi connectivity index (χ0v) is 14.3. The predicted molar refractivity (Wildman–Crippen MR) is 103 cm³/mol. The molecule has 6 heteroatoms. The Morgan fingerprint density at radius 3 is 2.30 bits per heavy atom. The zero-order valence-electron chi connectivity index (χ0n) is 14.3. The molecule has 136 valence electrons. The molecule has 0 spiro atoms. The topological polar surface area (TPSA) is 99.2 Å². The number of hydrogen-bond donors (Lipinski definition) is 4. The molecule has 0 radical (unpaired) electrons. The van der Waals surface area contributed by atoms with E-state index in [0.29, 0.717) is 16.8 Å². The second-order valence-electron chi connectivity index (χ2n) is 6.02. The number of amides is 1. The van der Waals surface area contributed by atoms with E-state index in [-0.39, 0.29) is 11.7 Å². The highest BCUT2D eigenvalue weighted by atomic mass is 19.1. The number of rotatable bonds is 5. The average Bonchev–Trinajstić information content (AvgIpc) is 2.68. The van der Waals surface area contributed by atoms with Gasteiger partial charge in [0.05, 0.1) is 0 Å². The zero-order chi connectivity index (χ0) is 19.4. The normalized spacial score (nSPS) is 11.6. The summed E-state index contributed by atoms with van der Waals surface area (Å²) in [7, 11) is 0. The number of carbonyl (C=O) groups excluding carboxylic acids is 1. The van der Waals surface area contributed by atoms with Gasteiger partial charge in [-0.15, -0.1) is 0 Å². The number of hydrogen-bond acceptors (Lipinski definition) is 3. The van der Waals surface area contributed by atoms with E-state index in [4.69, 9.17) is 11.1 Å². The Bertz CT molecular complexity index is 969. The van der Waals surface area contributed by atoms with Crippen LogP contribution in [0.3, 0.4) is 0 Å². The van der Waals surface area contributed by atoms with Gasteiger partial charge in [0.2, 0.25) is 0 Å². The number of halogens is 1. The standard InChI is InChI=1S/C21H18FN3O2/c22-17-8-4-13(5-9-17)15-2-1-3-16(12-15)19(26)21(27)25-18-10-6-14(7-11-18)20(23)24/h1-12,19,26H,(H3,23,24)(H,25,27). The van der Waals surface area contributed by atoms with E-state index in [2.05, 4.69) is 5.32 Å². The molecule has 0 aliphatic rings. The first kappa shape index (κ1) is 18.3. The van der Waals surface area contributed by atoms with Crippen molar-refractivity contribution in [2.24, 2.45) is 5.73 Å². The lowest BCUT2D eigenvalue weighted by atomic mass is 10.0. The van der Waals surface area contributed by atoms with Gasteiger partial charge in [0.1, 0.15) is 11.7 Å².